The van der Waals surface area contributed by atoms with Gasteiger partial charge in [-0.15, -0.1) is 0 Å². The molecule has 1 fully saturated rings. The van der Waals surface area contributed by atoms with Gasteiger partial charge in [-0.1, -0.05) is 86.5 Å². The van der Waals surface area contributed by atoms with Gasteiger partial charge in [0.15, 0.2) is 0 Å². The molecule has 0 saturated heterocycles. The van der Waals surface area contributed by atoms with E-state index >= 15 is 0 Å². The van der Waals surface area contributed by atoms with Gasteiger partial charge >= 0.3 is 0 Å². The molecule has 23 heavy (non-hydrogen) atoms. The molecule has 0 bridgehead atoms. The molecule has 3 unspecified atom stereocenters. The van der Waals surface area contributed by atoms with Crippen molar-refractivity contribution in [3.05, 3.63) is 0 Å². The highest BCUT2D eigenvalue weighted by atomic mass is 14.9. The van der Waals surface area contributed by atoms with E-state index in [1.54, 1.807) is 0 Å². The highest BCUT2D eigenvalue weighted by Gasteiger charge is 2.28. The van der Waals surface area contributed by atoms with E-state index in [9.17, 15) is 0 Å². The highest BCUT2D eigenvalue weighted by Crippen LogP contribution is 2.35. The maximum Gasteiger partial charge on any atom is 0.00666 e. The Balaban J connectivity index is 0.000000664. The van der Waals surface area contributed by atoms with Crippen LogP contribution in [0.3, 0.4) is 0 Å². The Morgan fingerprint density at radius 1 is 1.00 bits per heavy atom. The fourth-order valence-electron chi connectivity index (χ4n) is 4.20. The summed E-state index contributed by atoms with van der Waals surface area (Å²) in [6, 6.07) is 0.647. The Labute approximate surface area is 148 Å². The van der Waals surface area contributed by atoms with Crippen molar-refractivity contribution in [1.82, 2.24) is 5.32 Å². The zero-order valence-electron chi connectivity index (χ0n) is 17.7. The topological polar surface area (TPSA) is 12.0 Å². The van der Waals surface area contributed by atoms with Crippen molar-refractivity contribution >= 4 is 0 Å². The van der Waals surface area contributed by atoms with E-state index in [-0.39, 0.29) is 0 Å². The van der Waals surface area contributed by atoms with E-state index in [4.69, 9.17) is 0 Å². The summed E-state index contributed by atoms with van der Waals surface area (Å²) in [5, 5.41) is 3.47. The Morgan fingerprint density at radius 2 is 1.52 bits per heavy atom. The zero-order valence-corrected chi connectivity index (χ0v) is 17.7. The van der Waals surface area contributed by atoms with Crippen molar-refractivity contribution in [3.63, 3.8) is 0 Å². The van der Waals surface area contributed by atoms with Crippen molar-refractivity contribution in [1.29, 1.82) is 0 Å². The molecule has 1 aliphatic carbocycles. The molecule has 1 aliphatic rings. The van der Waals surface area contributed by atoms with Gasteiger partial charge in [0, 0.05) is 6.04 Å². The molecule has 1 nitrogen and oxygen atoms in total. The lowest BCUT2D eigenvalue weighted by Crippen LogP contribution is -2.36. The van der Waals surface area contributed by atoms with Gasteiger partial charge < -0.3 is 5.32 Å². The molecule has 140 valence electrons. The van der Waals surface area contributed by atoms with Crippen LogP contribution in [0.4, 0.5) is 0 Å². The van der Waals surface area contributed by atoms with Crippen molar-refractivity contribution in [2.45, 2.75) is 112 Å². The molecule has 1 saturated carbocycles. The van der Waals surface area contributed by atoms with Crippen LogP contribution in [0.1, 0.15) is 106 Å². The minimum atomic E-state index is 0.458. The molecule has 0 aliphatic heterocycles. The van der Waals surface area contributed by atoms with E-state index in [0.29, 0.717) is 11.5 Å². The van der Waals surface area contributed by atoms with E-state index < -0.39 is 0 Å². The lowest BCUT2D eigenvalue weighted by atomic mass is 9.73. The van der Waals surface area contributed by atoms with Gasteiger partial charge in [0.25, 0.3) is 0 Å². The van der Waals surface area contributed by atoms with E-state index in [2.05, 4.69) is 60.8 Å². The van der Waals surface area contributed by atoms with Crippen LogP contribution >= 0.6 is 0 Å². The van der Waals surface area contributed by atoms with Crippen molar-refractivity contribution in [2.75, 3.05) is 7.05 Å². The normalized spacial score (nSPS) is 19.8. The fraction of sp³-hybridized carbons (Fsp3) is 1.00. The van der Waals surface area contributed by atoms with Gasteiger partial charge in [-0.25, -0.2) is 0 Å². The van der Waals surface area contributed by atoms with Crippen molar-refractivity contribution < 1.29 is 0 Å². The van der Waals surface area contributed by atoms with Gasteiger partial charge in [0.2, 0.25) is 0 Å². The summed E-state index contributed by atoms with van der Waals surface area (Å²) >= 11 is 0. The highest BCUT2D eigenvalue weighted by molar-refractivity contribution is 4.81. The Morgan fingerprint density at radius 3 is 1.83 bits per heavy atom. The minimum Gasteiger partial charge on any atom is -0.317 e. The number of nitrogens with one attached hydrogen (secondary N) is 1. The summed E-state index contributed by atoms with van der Waals surface area (Å²) in [6.45, 7) is 16.5. The monoisotopic (exact) mass is 325 g/mol. The standard InChI is InChI=1S/C16H35N.C6H12/c1-8-10-14(12-16(4,5)6)15(11-9-2)13(3)17-7;1-6-4-2-3-5-6/h13-15,17H,8-12H2,1-7H3;6H,2-5H2,1H3. The summed E-state index contributed by atoms with van der Waals surface area (Å²) in [5.41, 5.74) is 0.458. The second-order valence-electron chi connectivity index (χ2n) is 9.23. The van der Waals surface area contributed by atoms with Crippen molar-refractivity contribution in [3.8, 4) is 0 Å². The lowest BCUT2D eigenvalue weighted by molar-refractivity contribution is 0.170. The summed E-state index contributed by atoms with van der Waals surface area (Å²) in [4.78, 5) is 0. The molecule has 1 N–H and O–H groups in total. The van der Waals surface area contributed by atoms with E-state index in [1.807, 2.05) is 0 Å². The summed E-state index contributed by atoms with van der Waals surface area (Å²) in [5.74, 6) is 2.76. The van der Waals surface area contributed by atoms with Gasteiger partial charge in [-0.2, -0.15) is 0 Å². The summed E-state index contributed by atoms with van der Waals surface area (Å²) < 4.78 is 0. The Kier molecular flexibility index (Phi) is 12.3. The molecule has 1 heteroatoms. The first kappa shape index (κ1) is 23.0. The molecule has 0 spiro atoms. The summed E-state index contributed by atoms with van der Waals surface area (Å²) in [6.07, 6.45) is 12.7. The molecule has 0 amide bonds. The molecular formula is C22H47N. The smallest absolute Gasteiger partial charge is 0.00666 e. The molecule has 0 aromatic rings. The van der Waals surface area contributed by atoms with Gasteiger partial charge in [-0.3, -0.25) is 0 Å². The van der Waals surface area contributed by atoms with Crippen LogP contribution in [-0.4, -0.2) is 13.1 Å². The van der Waals surface area contributed by atoms with Gasteiger partial charge in [0.1, 0.15) is 0 Å². The van der Waals surface area contributed by atoms with Crippen molar-refractivity contribution in [2.24, 2.45) is 23.2 Å². The average molecular weight is 326 g/mol. The predicted octanol–water partition coefficient (Wildman–Crippen LogP) is 7.06. The second kappa shape index (κ2) is 12.3. The third-order valence-electron chi connectivity index (χ3n) is 5.50. The third kappa shape index (κ3) is 11.2. The largest absolute Gasteiger partial charge is 0.317 e. The molecule has 0 aromatic carbocycles. The van der Waals surface area contributed by atoms with E-state index in [1.165, 1.54) is 57.8 Å². The Bertz CT molecular complexity index is 260. The third-order valence-corrected chi connectivity index (χ3v) is 5.50. The first-order valence-electron chi connectivity index (χ1n) is 10.4. The number of hydrogen-bond donors (Lipinski definition) is 1. The fourth-order valence-corrected chi connectivity index (χ4v) is 4.20. The van der Waals surface area contributed by atoms with Gasteiger partial charge in [-0.05, 0) is 50.0 Å². The number of hydrogen-bond acceptors (Lipinski definition) is 1. The second-order valence-corrected chi connectivity index (χ2v) is 9.23. The van der Waals surface area contributed by atoms with Crippen LogP contribution in [0.2, 0.25) is 0 Å². The van der Waals surface area contributed by atoms with Crippen LogP contribution in [0, 0.1) is 23.2 Å². The SMILES string of the molecule is CC1CCCC1.CCCC(CC(C)(C)C)C(CCC)C(C)NC. The predicted molar refractivity (Wildman–Crippen MR) is 107 cm³/mol. The molecule has 0 radical (unpaired) electrons. The van der Waals surface area contributed by atoms with Crippen LogP contribution in [0.25, 0.3) is 0 Å². The maximum absolute atomic E-state index is 3.47. The van der Waals surface area contributed by atoms with E-state index in [0.717, 1.165) is 17.8 Å². The molecule has 3 atom stereocenters. The summed E-state index contributed by atoms with van der Waals surface area (Å²) in [7, 11) is 2.10. The molecular weight excluding hydrogens is 278 g/mol. The van der Waals surface area contributed by atoms with Crippen LogP contribution in [-0.2, 0) is 0 Å². The average Bonchev–Trinajstić information content (AvgIpc) is 2.94. The maximum atomic E-state index is 3.47. The quantitative estimate of drug-likeness (QED) is 0.503. The van der Waals surface area contributed by atoms with Crippen LogP contribution in [0.15, 0.2) is 0 Å². The number of rotatable bonds is 8. The zero-order chi connectivity index (χ0) is 17.9. The molecule has 0 aromatic heterocycles. The lowest BCUT2D eigenvalue weighted by Gasteiger charge is -2.35. The first-order valence-corrected chi connectivity index (χ1v) is 10.4. The first-order chi connectivity index (χ1) is 10.7. The Hall–Kier alpha value is -0.0400. The molecule has 1 rings (SSSR count). The van der Waals surface area contributed by atoms with Crippen LogP contribution in [0.5, 0.6) is 0 Å². The van der Waals surface area contributed by atoms with Crippen LogP contribution < -0.4 is 5.32 Å². The molecule has 0 heterocycles. The van der Waals surface area contributed by atoms with Gasteiger partial charge in [0.05, 0.1) is 0 Å². The minimum absolute atomic E-state index is 0.458.